The molecule has 9 atom stereocenters. The van der Waals surface area contributed by atoms with E-state index in [2.05, 4.69) is 0 Å². The molecule has 3 saturated carbocycles. The number of hydrogen-bond acceptors (Lipinski definition) is 7. The van der Waals surface area contributed by atoms with Crippen molar-refractivity contribution in [2.45, 2.75) is 82.4 Å². The minimum atomic E-state index is -2.23. The van der Waals surface area contributed by atoms with Crippen LogP contribution >= 0.6 is 11.8 Å². The van der Waals surface area contributed by atoms with E-state index in [4.69, 9.17) is 9.47 Å². The molecule has 5 aliphatic rings. The second kappa shape index (κ2) is 6.97. The van der Waals surface area contributed by atoms with Gasteiger partial charge in [0.2, 0.25) is 5.12 Å². The largest absolute Gasteiger partial charge is 0.390 e. The van der Waals surface area contributed by atoms with Crippen molar-refractivity contribution in [3.05, 3.63) is 23.8 Å². The van der Waals surface area contributed by atoms with Gasteiger partial charge in [-0.2, -0.15) is 0 Å². The van der Waals surface area contributed by atoms with Gasteiger partial charge in [0, 0.05) is 16.7 Å². The molecule has 9 heteroatoms. The maximum absolute atomic E-state index is 17.2. The summed E-state index contributed by atoms with van der Waals surface area (Å²) in [5.74, 6) is -3.37. The molecule has 3 unspecified atom stereocenters. The van der Waals surface area contributed by atoms with E-state index in [1.165, 1.54) is 12.2 Å². The summed E-state index contributed by atoms with van der Waals surface area (Å²) < 4.78 is 45.1. The Balaban J connectivity index is 1.65. The maximum atomic E-state index is 17.2. The normalized spacial score (nSPS) is 51.9. The Morgan fingerprint density at radius 1 is 1.24 bits per heavy atom. The number of ether oxygens (including phenoxy) is 2. The Labute approximate surface area is 195 Å². The fourth-order valence-electron chi connectivity index (χ4n) is 7.82. The van der Waals surface area contributed by atoms with E-state index < -0.39 is 74.9 Å². The summed E-state index contributed by atoms with van der Waals surface area (Å²) in [5.41, 5.74) is -6.20. The Hall–Kier alpha value is -1.13. The number of aliphatic hydroxyl groups is 2. The number of hydrogen-bond donors (Lipinski definition) is 2. The molecular weight excluding hydrogens is 454 g/mol. The van der Waals surface area contributed by atoms with Crippen LogP contribution in [0.5, 0.6) is 0 Å². The number of carbonyl (C=O) groups is 2. The third-order valence-corrected chi connectivity index (χ3v) is 9.81. The van der Waals surface area contributed by atoms with Crippen LogP contribution in [-0.4, -0.2) is 62.5 Å². The van der Waals surface area contributed by atoms with Crippen LogP contribution < -0.4 is 0 Å². The summed E-state index contributed by atoms with van der Waals surface area (Å²) in [5, 5.41) is 20.4. The summed E-state index contributed by atoms with van der Waals surface area (Å²) in [6.45, 7) is 6.73. The van der Waals surface area contributed by atoms with Gasteiger partial charge in [-0.1, -0.05) is 24.8 Å². The smallest absolute Gasteiger partial charge is 0.226 e. The molecule has 0 aromatic rings. The molecule has 0 spiro atoms. The van der Waals surface area contributed by atoms with Crippen molar-refractivity contribution in [2.24, 2.45) is 22.7 Å². The van der Waals surface area contributed by atoms with Crippen molar-refractivity contribution in [3.8, 4) is 0 Å². The molecule has 1 aliphatic heterocycles. The second-order valence-electron chi connectivity index (χ2n) is 11.0. The minimum Gasteiger partial charge on any atom is -0.390 e. The molecule has 1 heterocycles. The van der Waals surface area contributed by atoms with Crippen LogP contribution in [0.1, 0.15) is 47.0 Å². The molecule has 0 amide bonds. The van der Waals surface area contributed by atoms with Crippen molar-refractivity contribution in [2.75, 3.05) is 5.94 Å². The number of aliphatic hydroxyl groups excluding tert-OH is 2. The topological polar surface area (TPSA) is 93.1 Å². The zero-order chi connectivity index (χ0) is 24.2. The van der Waals surface area contributed by atoms with Gasteiger partial charge in [0.25, 0.3) is 0 Å². The van der Waals surface area contributed by atoms with Crippen LogP contribution in [0.15, 0.2) is 23.8 Å². The Morgan fingerprint density at radius 2 is 1.94 bits per heavy atom. The van der Waals surface area contributed by atoms with E-state index in [1.807, 2.05) is 0 Å². The molecule has 1 saturated heterocycles. The van der Waals surface area contributed by atoms with Crippen molar-refractivity contribution in [1.29, 1.82) is 0 Å². The number of alkyl halides is 2. The van der Waals surface area contributed by atoms with E-state index in [9.17, 15) is 19.8 Å². The SMILES string of the molecule is CC1(C)OC2CC3C4C[C@H](F)C5=CC(=O)C=C[C@]5(C)[C@@]4(F)[C@@H](O)C[C@]3(C)[C@]2(C(=O)SCO)O1. The lowest BCUT2D eigenvalue weighted by Crippen LogP contribution is -2.70. The van der Waals surface area contributed by atoms with Gasteiger partial charge in [-0.05, 0) is 63.7 Å². The van der Waals surface area contributed by atoms with Crippen molar-refractivity contribution >= 4 is 22.7 Å². The first kappa shape index (κ1) is 23.6. The van der Waals surface area contributed by atoms with E-state index in [0.717, 1.165) is 6.08 Å². The summed E-state index contributed by atoms with van der Waals surface area (Å²) in [4.78, 5) is 25.4. The Bertz CT molecular complexity index is 982. The van der Waals surface area contributed by atoms with Gasteiger partial charge in [-0.3, -0.25) is 9.59 Å². The molecule has 6 nitrogen and oxygen atoms in total. The van der Waals surface area contributed by atoms with Gasteiger partial charge in [-0.25, -0.2) is 8.78 Å². The highest BCUT2D eigenvalue weighted by atomic mass is 32.2. The molecule has 4 fully saturated rings. The number of carbonyl (C=O) groups excluding carboxylic acids is 2. The number of allylic oxidation sites excluding steroid dienone is 4. The van der Waals surface area contributed by atoms with E-state index >= 15 is 8.78 Å². The number of halogens is 2. The van der Waals surface area contributed by atoms with Crippen LogP contribution in [-0.2, 0) is 19.1 Å². The predicted molar refractivity (Wildman–Crippen MR) is 116 cm³/mol. The lowest BCUT2D eigenvalue weighted by molar-refractivity contribution is -0.246. The number of thioether (sulfide) groups is 1. The highest BCUT2D eigenvalue weighted by molar-refractivity contribution is 8.13. The first-order valence-electron chi connectivity index (χ1n) is 11.4. The molecule has 0 aromatic carbocycles. The molecule has 4 aliphatic carbocycles. The molecule has 182 valence electrons. The average Bonchev–Trinajstić information content (AvgIpc) is 3.13. The van der Waals surface area contributed by atoms with Crippen LogP contribution in [0.25, 0.3) is 0 Å². The molecular formula is C24H30F2O6S. The highest BCUT2D eigenvalue weighted by Gasteiger charge is 2.80. The van der Waals surface area contributed by atoms with Gasteiger partial charge in [0.15, 0.2) is 22.8 Å². The van der Waals surface area contributed by atoms with Crippen molar-refractivity contribution < 1.29 is 38.1 Å². The third kappa shape index (κ3) is 2.69. The zero-order valence-electron chi connectivity index (χ0n) is 19.1. The predicted octanol–water partition coefficient (Wildman–Crippen LogP) is 3.02. The monoisotopic (exact) mass is 484 g/mol. The standard InChI is InChI=1S/C24H30F2O6S/c1-20(2)31-18-9-13-14-8-16(25)15-7-12(28)5-6-21(15,3)23(14,26)17(29)10-22(13,4)24(18,32-20)19(30)33-11-27/h5-7,13-14,16-18,27,29H,8-11H2,1-4H3/t13?,14?,16-,17-,18?,21-,22-,23-,24-/m0/s1. The van der Waals surface area contributed by atoms with Crippen molar-refractivity contribution in [1.82, 2.24) is 0 Å². The second-order valence-corrected chi connectivity index (χ2v) is 11.9. The summed E-state index contributed by atoms with van der Waals surface area (Å²) in [7, 11) is 0. The van der Waals surface area contributed by atoms with Gasteiger partial charge in [0.1, 0.15) is 6.17 Å². The van der Waals surface area contributed by atoms with Crippen LogP contribution in [0, 0.1) is 22.7 Å². The van der Waals surface area contributed by atoms with Gasteiger partial charge in [-0.15, -0.1) is 0 Å². The fourth-order valence-corrected chi connectivity index (χ4v) is 8.56. The maximum Gasteiger partial charge on any atom is 0.226 e. The number of rotatable bonds is 2. The molecule has 0 aromatic heterocycles. The zero-order valence-corrected chi connectivity index (χ0v) is 20.0. The molecule has 5 rings (SSSR count). The summed E-state index contributed by atoms with van der Waals surface area (Å²) >= 11 is 0.703. The number of ketones is 1. The lowest BCUT2D eigenvalue weighted by Gasteiger charge is -2.63. The molecule has 0 bridgehead atoms. The molecule has 0 radical (unpaired) electrons. The average molecular weight is 485 g/mol. The van der Waals surface area contributed by atoms with Crippen LogP contribution in [0.4, 0.5) is 8.78 Å². The van der Waals surface area contributed by atoms with Gasteiger partial charge >= 0.3 is 0 Å². The summed E-state index contributed by atoms with van der Waals surface area (Å²) in [6, 6.07) is 0. The Kier molecular flexibility index (Phi) is 4.98. The quantitative estimate of drug-likeness (QED) is 0.582. The third-order valence-electron chi connectivity index (χ3n) is 9.12. The van der Waals surface area contributed by atoms with Gasteiger partial charge in [0.05, 0.1) is 18.1 Å². The first-order chi connectivity index (χ1) is 15.3. The van der Waals surface area contributed by atoms with Crippen LogP contribution in [0.3, 0.4) is 0 Å². The number of fused-ring (bicyclic) bond motifs is 7. The van der Waals surface area contributed by atoms with Crippen molar-refractivity contribution in [3.63, 3.8) is 0 Å². The first-order valence-corrected chi connectivity index (χ1v) is 12.4. The molecule has 2 N–H and O–H groups in total. The van der Waals surface area contributed by atoms with E-state index in [-0.39, 0.29) is 24.8 Å². The lowest BCUT2D eigenvalue weighted by atomic mass is 9.44. The Morgan fingerprint density at radius 3 is 2.61 bits per heavy atom. The molecule has 33 heavy (non-hydrogen) atoms. The minimum absolute atomic E-state index is 0.0600. The van der Waals surface area contributed by atoms with Gasteiger partial charge < -0.3 is 19.7 Å². The van der Waals surface area contributed by atoms with Crippen LogP contribution in [0.2, 0.25) is 0 Å². The van der Waals surface area contributed by atoms with E-state index in [0.29, 0.717) is 11.8 Å². The fraction of sp³-hybridized carbons (Fsp3) is 0.750. The summed E-state index contributed by atoms with van der Waals surface area (Å²) in [6.07, 6.45) is -0.0407. The highest BCUT2D eigenvalue weighted by Crippen LogP contribution is 2.72. The van der Waals surface area contributed by atoms with E-state index in [1.54, 1.807) is 27.7 Å².